The van der Waals surface area contributed by atoms with Crippen molar-refractivity contribution in [3.05, 3.63) is 17.7 Å². The summed E-state index contributed by atoms with van der Waals surface area (Å²) in [4.78, 5) is 13.8. The first kappa shape index (κ1) is 18.1. The molecule has 0 saturated heterocycles. The molecule has 0 spiro atoms. The lowest BCUT2D eigenvalue weighted by molar-refractivity contribution is -0.131. The summed E-state index contributed by atoms with van der Waals surface area (Å²) in [7, 11) is 6.48. The van der Waals surface area contributed by atoms with Crippen molar-refractivity contribution in [1.82, 2.24) is 4.90 Å². The molecule has 1 rings (SSSR count). The summed E-state index contributed by atoms with van der Waals surface area (Å²) in [6, 6.07) is 3.76. The lowest BCUT2D eigenvalue weighted by Gasteiger charge is -2.23. The number of methoxy groups -OCH3 is 3. The normalized spacial score (nSPS) is 11.7. The first-order chi connectivity index (χ1) is 10.5. The van der Waals surface area contributed by atoms with E-state index in [4.69, 9.17) is 19.9 Å². The van der Waals surface area contributed by atoms with Crippen molar-refractivity contribution in [3.63, 3.8) is 0 Å². The van der Waals surface area contributed by atoms with Crippen LogP contribution in [0.4, 0.5) is 0 Å². The van der Waals surface area contributed by atoms with Crippen LogP contribution in [-0.4, -0.2) is 51.8 Å². The van der Waals surface area contributed by atoms with Crippen LogP contribution in [0.2, 0.25) is 0 Å². The molecule has 0 aliphatic rings. The van der Waals surface area contributed by atoms with Crippen molar-refractivity contribution >= 4 is 5.91 Å². The molecule has 1 atom stereocenters. The Morgan fingerprint density at radius 1 is 1.18 bits per heavy atom. The van der Waals surface area contributed by atoms with E-state index >= 15 is 0 Å². The van der Waals surface area contributed by atoms with Crippen LogP contribution < -0.4 is 19.9 Å². The topological polar surface area (TPSA) is 74.0 Å². The van der Waals surface area contributed by atoms with Gasteiger partial charge in [0.1, 0.15) is 0 Å². The van der Waals surface area contributed by atoms with Crippen molar-refractivity contribution in [3.8, 4) is 17.2 Å². The van der Waals surface area contributed by atoms with Crippen LogP contribution in [-0.2, 0) is 11.2 Å². The molecule has 22 heavy (non-hydrogen) atoms. The summed E-state index contributed by atoms with van der Waals surface area (Å²) >= 11 is 0. The highest BCUT2D eigenvalue weighted by atomic mass is 16.5. The Bertz CT molecular complexity index is 480. The van der Waals surface area contributed by atoms with E-state index in [1.165, 1.54) is 0 Å². The van der Waals surface area contributed by atoms with Gasteiger partial charge in [0.2, 0.25) is 11.7 Å². The number of likely N-dealkylation sites (N-methyl/N-ethyl adjacent to an activating group) is 1. The summed E-state index contributed by atoms with van der Waals surface area (Å²) in [6.45, 7) is 2.38. The number of nitrogens with two attached hydrogens (primary N) is 1. The Kier molecular flexibility index (Phi) is 6.98. The Balaban J connectivity index is 2.84. The molecule has 0 fully saturated rings. The maximum Gasteiger partial charge on any atom is 0.222 e. The molecule has 0 radical (unpaired) electrons. The predicted molar refractivity (Wildman–Crippen MR) is 85.7 cm³/mol. The average Bonchev–Trinajstić information content (AvgIpc) is 2.56. The molecule has 0 aromatic heterocycles. The zero-order valence-electron chi connectivity index (χ0n) is 14.0. The number of hydrogen-bond donors (Lipinski definition) is 1. The molecule has 0 bridgehead atoms. The number of rotatable bonds is 8. The Morgan fingerprint density at radius 3 is 2.14 bits per heavy atom. The van der Waals surface area contributed by atoms with E-state index in [2.05, 4.69) is 0 Å². The summed E-state index contributed by atoms with van der Waals surface area (Å²) in [6.07, 6.45) is 0.997. The fourth-order valence-corrected chi connectivity index (χ4v) is 2.11. The minimum atomic E-state index is 0.0347. The van der Waals surface area contributed by atoms with Crippen LogP contribution in [0.25, 0.3) is 0 Å². The van der Waals surface area contributed by atoms with Crippen LogP contribution in [0.15, 0.2) is 12.1 Å². The summed E-state index contributed by atoms with van der Waals surface area (Å²) < 4.78 is 15.9. The van der Waals surface area contributed by atoms with Crippen LogP contribution in [0.5, 0.6) is 17.2 Å². The van der Waals surface area contributed by atoms with Gasteiger partial charge in [0, 0.05) is 26.1 Å². The van der Waals surface area contributed by atoms with E-state index in [9.17, 15) is 4.79 Å². The van der Waals surface area contributed by atoms with E-state index in [1.54, 1.807) is 33.3 Å². The molecule has 0 heterocycles. The molecule has 0 aliphatic carbocycles. The zero-order valence-corrected chi connectivity index (χ0v) is 14.0. The number of hydrogen-bond acceptors (Lipinski definition) is 5. The molecular weight excluding hydrogens is 284 g/mol. The Labute approximate surface area is 132 Å². The van der Waals surface area contributed by atoms with Crippen molar-refractivity contribution < 1.29 is 19.0 Å². The molecule has 0 aliphatic heterocycles. The molecule has 1 aromatic carbocycles. The highest BCUT2D eigenvalue weighted by Crippen LogP contribution is 2.38. The standard InChI is InChI=1S/C16H26N2O4/c1-11(10-17)18(2)15(19)7-6-12-8-13(20-3)16(22-5)14(9-12)21-4/h8-9,11H,6-7,10,17H2,1-5H3. The number of amides is 1. The van der Waals surface area contributed by atoms with E-state index < -0.39 is 0 Å². The molecule has 6 nitrogen and oxygen atoms in total. The third kappa shape index (κ3) is 4.27. The van der Waals surface area contributed by atoms with Gasteiger partial charge >= 0.3 is 0 Å². The van der Waals surface area contributed by atoms with Gasteiger partial charge in [-0.25, -0.2) is 0 Å². The van der Waals surface area contributed by atoms with Gasteiger partial charge in [-0.1, -0.05) is 0 Å². The fraction of sp³-hybridized carbons (Fsp3) is 0.562. The monoisotopic (exact) mass is 310 g/mol. The maximum atomic E-state index is 12.1. The number of benzene rings is 1. The molecule has 1 amide bonds. The van der Waals surface area contributed by atoms with Gasteiger partial charge in [-0.05, 0) is 31.0 Å². The summed E-state index contributed by atoms with van der Waals surface area (Å²) in [5.74, 6) is 1.79. The van der Waals surface area contributed by atoms with Gasteiger partial charge in [-0.15, -0.1) is 0 Å². The smallest absolute Gasteiger partial charge is 0.222 e. The number of carbonyl (C=O) groups excluding carboxylic acids is 1. The molecular formula is C16H26N2O4. The van der Waals surface area contributed by atoms with Crippen molar-refractivity contribution in [2.75, 3.05) is 34.9 Å². The van der Waals surface area contributed by atoms with Gasteiger partial charge in [-0.2, -0.15) is 0 Å². The maximum absolute atomic E-state index is 12.1. The SMILES string of the molecule is COc1cc(CCC(=O)N(C)C(C)CN)cc(OC)c1OC. The highest BCUT2D eigenvalue weighted by molar-refractivity contribution is 5.76. The number of ether oxygens (including phenoxy) is 3. The van der Waals surface area contributed by atoms with Crippen LogP contribution in [0.3, 0.4) is 0 Å². The van der Waals surface area contributed by atoms with Crippen molar-refractivity contribution in [2.24, 2.45) is 5.73 Å². The minimum Gasteiger partial charge on any atom is -0.493 e. The van der Waals surface area contributed by atoms with Gasteiger partial charge < -0.3 is 24.8 Å². The molecule has 124 valence electrons. The first-order valence-electron chi connectivity index (χ1n) is 7.23. The van der Waals surface area contributed by atoms with Crippen LogP contribution in [0, 0.1) is 0 Å². The molecule has 0 saturated carbocycles. The van der Waals surface area contributed by atoms with Gasteiger partial charge in [0.25, 0.3) is 0 Å². The Hall–Kier alpha value is -1.95. The second kappa shape index (κ2) is 8.48. The zero-order chi connectivity index (χ0) is 16.7. The van der Waals surface area contributed by atoms with E-state index in [-0.39, 0.29) is 11.9 Å². The van der Waals surface area contributed by atoms with E-state index in [0.717, 1.165) is 5.56 Å². The first-order valence-corrected chi connectivity index (χ1v) is 7.23. The average molecular weight is 310 g/mol. The largest absolute Gasteiger partial charge is 0.493 e. The van der Waals surface area contributed by atoms with Gasteiger partial charge in [0.15, 0.2) is 11.5 Å². The van der Waals surface area contributed by atoms with Crippen LogP contribution in [0.1, 0.15) is 18.9 Å². The molecule has 1 aromatic rings. The van der Waals surface area contributed by atoms with Crippen LogP contribution >= 0.6 is 0 Å². The van der Waals surface area contributed by atoms with E-state index in [0.29, 0.717) is 36.6 Å². The Morgan fingerprint density at radius 2 is 1.73 bits per heavy atom. The lowest BCUT2D eigenvalue weighted by atomic mass is 10.1. The highest BCUT2D eigenvalue weighted by Gasteiger charge is 2.16. The third-order valence-electron chi connectivity index (χ3n) is 3.75. The van der Waals surface area contributed by atoms with E-state index in [1.807, 2.05) is 19.1 Å². The lowest BCUT2D eigenvalue weighted by Crippen LogP contribution is -2.39. The summed E-state index contributed by atoms with van der Waals surface area (Å²) in [5.41, 5.74) is 6.54. The second-order valence-corrected chi connectivity index (χ2v) is 5.12. The van der Waals surface area contributed by atoms with Gasteiger partial charge in [-0.3, -0.25) is 4.79 Å². The van der Waals surface area contributed by atoms with Crippen molar-refractivity contribution in [1.29, 1.82) is 0 Å². The second-order valence-electron chi connectivity index (χ2n) is 5.12. The quantitative estimate of drug-likeness (QED) is 0.786. The fourth-order valence-electron chi connectivity index (χ4n) is 2.11. The minimum absolute atomic E-state index is 0.0347. The number of aryl methyl sites for hydroxylation is 1. The molecule has 2 N–H and O–H groups in total. The van der Waals surface area contributed by atoms with Gasteiger partial charge in [0.05, 0.1) is 21.3 Å². The third-order valence-corrected chi connectivity index (χ3v) is 3.75. The molecule has 6 heteroatoms. The predicted octanol–water partition coefficient (Wildman–Crippen LogP) is 1.45. The van der Waals surface area contributed by atoms with Crippen molar-refractivity contribution in [2.45, 2.75) is 25.8 Å². The molecule has 1 unspecified atom stereocenters. The number of nitrogens with zero attached hydrogens (tertiary/aromatic N) is 1. The summed E-state index contributed by atoms with van der Waals surface area (Å²) in [5, 5.41) is 0. The number of carbonyl (C=O) groups is 1.